The van der Waals surface area contributed by atoms with Gasteiger partial charge in [0.25, 0.3) is 5.91 Å². The Labute approximate surface area is 157 Å². The minimum absolute atomic E-state index is 0.0104. The van der Waals surface area contributed by atoms with E-state index in [0.717, 1.165) is 38.2 Å². The summed E-state index contributed by atoms with van der Waals surface area (Å²) < 4.78 is 5.17. The molecule has 0 saturated carbocycles. The Hall–Kier alpha value is -2.67. The summed E-state index contributed by atoms with van der Waals surface area (Å²) in [4.78, 5) is 27.5. The third kappa shape index (κ3) is 2.92. The molecule has 142 valence electrons. The van der Waals surface area contributed by atoms with E-state index in [1.54, 1.807) is 4.90 Å². The van der Waals surface area contributed by atoms with E-state index < -0.39 is 10.8 Å². The minimum Gasteiger partial charge on any atom is -0.395 e. The van der Waals surface area contributed by atoms with Crippen LogP contribution >= 0.6 is 0 Å². The molecule has 1 amide bonds. The highest BCUT2D eigenvalue weighted by molar-refractivity contribution is 6.06. The summed E-state index contributed by atoms with van der Waals surface area (Å²) in [5.41, 5.74) is 3.23. The van der Waals surface area contributed by atoms with Gasteiger partial charge in [0.05, 0.1) is 6.07 Å². The molecule has 2 aliphatic heterocycles. The number of hydrogen-bond donors (Lipinski definition) is 0. The summed E-state index contributed by atoms with van der Waals surface area (Å²) in [6, 6.07) is 8.80. The van der Waals surface area contributed by atoms with Crippen LogP contribution in [0.5, 0.6) is 0 Å². The average molecular weight is 369 g/mol. The summed E-state index contributed by atoms with van der Waals surface area (Å²) in [6.07, 6.45) is 2.00. The van der Waals surface area contributed by atoms with E-state index in [1.807, 2.05) is 12.1 Å². The number of nitro groups is 1. The van der Waals surface area contributed by atoms with Crippen LogP contribution in [0.4, 0.5) is 11.6 Å². The monoisotopic (exact) mass is 369 g/mol. The lowest BCUT2D eigenvalue weighted by molar-refractivity contribution is -0.402. The molecule has 1 spiro atoms. The number of rotatable bonds is 3. The first-order chi connectivity index (χ1) is 12.9. The fraction of sp³-hybridized carbons (Fsp3) is 0.450. The van der Waals surface area contributed by atoms with Crippen LogP contribution in [-0.2, 0) is 5.41 Å². The molecular weight excluding hydrogens is 346 g/mol. The van der Waals surface area contributed by atoms with E-state index in [0.29, 0.717) is 6.54 Å². The van der Waals surface area contributed by atoms with Gasteiger partial charge in [0, 0.05) is 17.6 Å². The van der Waals surface area contributed by atoms with E-state index in [-0.39, 0.29) is 17.1 Å². The molecule has 1 aromatic carbocycles. The van der Waals surface area contributed by atoms with Gasteiger partial charge in [0.15, 0.2) is 5.76 Å². The van der Waals surface area contributed by atoms with Crippen molar-refractivity contribution in [2.45, 2.75) is 32.1 Å². The van der Waals surface area contributed by atoms with Gasteiger partial charge in [-0.3, -0.25) is 14.9 Å². The predicted octanol–water partition coefficient (Wildman–Crippen LogP) is 3.51. The molecular formula is C20H23N3O4. The number of fused-ring (bicyclic) bond motifs is 2. The number of benzene rings is 1. The van der Waals surface area contributed by atoms with Crippen molar-refractivity contribution in [1.29, 1.82) is 0 Å². The van der Waals surface area contributed by atoms with Crippen molar-refractivity contribution in [3.8, 4) is 0 Å². The predicted molar refractivity (Wildman–Crippen MR) is 101 cm³/mol. The Morgan fingerprint density at radius 1 is 1.26 bits per heavy atom. The molecule has 1 saturated heterocycles. The molecule has 4 rings (SSSR count). The van der Waals surface area contributed by atoms with Gasteiger partial charge in [-0.2, -0.15) is 0 Å². The highest BCUT2D eigenvalue weighted by atomic mass is 16.6. The highest BCUT2D eigenvalue weighted by Crippen LogP contribution is 2.47. The first-order valence-electron chi connectivity index (χ1n) is 9.33. The maximum atomic E-state index is 13.1. The molecule has 7 heteroatoms. The van der Waals surface area contributed by atoms with Crippen LogP contribution in [0.1, 0.15) is 41.4 Å². The van der Waals surface area contributed by atoms with Gasteiger partial charge in [-0.05, 0) is 57.1 Å². The first-order valence-corrected chi connectivity index (χ1v) is 9.33. The summed E-state index contributed by atoms with van der Waals surface area (Å²) in [7, 11) is 0. The number of furan rings is 1. The van der Waals surface area contributed by atoms with Gasteiger partial charge < -0.3 is 14.2 Å². The van der Waals surface area contributed by atoms with E-state index in [4.69, 9.17) is 4.42 Å². The fourth-order valence-electron chi connectivity index (χ4n) is 4.36. The van der Waals surface area contributed by atoms with Crippen LogP contribution in [0.2, 0.25) is 0 Å². The van der Waals surface area contributed by atoms with Crippen molar-refractivity contribution in [3.05, 3.63) is 57.3 Å². The molecule has 3 heterocycles. The Balaban J connectivity index is 1.69. The molecule has 2 aromatic rings. The van der Waals surface area contributed by atoms with Crippen LogP contribution < -0.4 is 4.90 Å². The summed E-state index contributed by atoms with van der Waals surface area (Å²) in [5.74, 6) is -0.716. The molecule has 1 fully saturated rings. The van der Waals surface area contributed by atoms with Crippen molar-refractivity contribution in [2.75, 3.05) is 31.1 Å². The van der Waals surface area contributed by atoms with Crippen molar-refractivity contribution in [2.24, 2.45) is 0 Å². The lowest BCUT2D eigenvalue weighted by Gasteiger charge is -2.39. The summed E-state index contributed by atoms with van der Waals surface area (Å²) >= 11 is 0. The maximum absolute atomic E-state index is 13.1. The van der Waals surface area contributed by atoms with Gasteiger partial charge in [0.1, 0.15) is 4.92 Å². The number of amides is 1. The van der Waals surface area contributed by atoms with E-state index >= 15 is 0 Å². The van der Waals surface area contributed by atoms with E-state index in [9.17, 15) is 14.9 Å². The normalized spacial score (nSPS) is 18.7. The molecule has 0 atom stereocenters. The van der Waals surface area contributed by atoms with Crippen LogP contribution in [0.15, 0.2) is 34.7 Å². The quantitative estimate of drug-likeness (QED) is 0.611. The fourth-order valence-corrected chi connectivity index (χ4v) is 4.36. The average Bonchev–Trinajstić information content (AvgIpc) is 3.27. The topological polar surface area (TPSA) is 79.8 Å². The van der Waals surface area contributed by atoms with Gasteiger partial charge in [-0.25, -0.2) is 0 Å². The zero-order valence-corrected chi connectivity index (χ0v) is 15.6. The minimum atomic E-state index is -0.625. The number of carbonyl (C=O) groups excluding carboxylic acids is 1. The zero-order chi connectivity index (χ0) is 19.2. The number of carbonyl (C=O) groups is 1. The molecule has 0 bridgehead atoms. The van der Waals surface area contributed by atoms with Crippen molar-refractivity contribution in [1.82, 2.24) is 4.90 Å². The maximum Gasteiger partial charge on any atom is 0.433 e. The Morgan fingerprint density at radius 3 is 2.63 bits per heavy atom. The van der Waals surface area contributed by atoms with Crippen molar-refractivity contribution < 1.29 is 14.1 Å². The second-order valence-corrected chi connectivity index (χ2v) is 7.52. The first kappa shape index (κ1) is 17.7. The molecule has 2 aliphatic rings. The largest absolute Gasteiger partial charge is 0.433 e. The lowest BCUT2D eigenvalue weighted by Crippen LogP contribution is -2.45. The number of hydrogen-bond acceptors (Lipinski definition) is 5. The Bertz CT molecular complexity index is 896. The number of aryl methyl sites for hydroxylation is 1. The summed E-state index contributed by atoms with van der Waals surface area (Å²) in [5, 5.41) is 10.9. The van der Waals surface area contributed by atoms with Gasteiger partial charge in [0.2, 0.25) is 0 Å². The zero-order valence-electron chi connectivity index (χ0n) is 15.6. The smallest absolute Gasteiger partial charge is 0.395 e. The molecule has 0 radical (unpaired) electrons. The number of likely N-dealkylation sites (tertiary alicyclic amines) is 1. The highest BCUT2D eigenvalue weighted by Gasteiger charge is 2.46. The number of anilines is 1. The lowest BCUT2D eigenvalue weighted by atomic mass is 9.74. The molecule has 0 N–H and O–H groups in total. The van der Waals surface area contributed by atoms with Gasteiger partial charge >= 0.3 is 5.88 Å². The summed E-state index contributed by atoms with van der Waals surface area (Å²) in [6.45, 7) is 7.89. The standard InChI is InChI=1S/C20H23N3O4/c1-3-21-10-8-20(9-11-21)13-22(16-5-4-14(2)12-15(16)20)19(24)17-6-7-18(27-17)23(25)26/h4-7,12H,3,8-11,13H2,1-2H3. The van der Waals surface area contributed by atoms with Crippen LogP contribution in [-0.4, -0.2) is 41.9 Å². The SMILES string of the molecule is CCN1CCC2(CC1)CN(C(=O)c1ccc([N+](=O)[O-])o1)c1ccc(C)cc12. The van der Waals surface area contributed by atoms with Crippen molar-refractivity contribution in [3.63, 3.8) is 0 Å². The third-order valence-corrected chi connectivity index (χ3v) is 5.96. The Kier molecular flexibility index (Phi) is 4.26. The number of piperidine rings is 1. The van der Waals surface area contributed by atoms with Crippen LogP contribution in [0.25, 0.3) is 0 Å². The number of nitrogens with zero attached hydrogens (tertiary/aromatic N) is 3. The van der Waals surface area contributed by atoms with Crippen LogP contribution in [0.3, 0.4) is 0 Å². The van der Waals surface area contributed by atoms with Gasteiger partial charge in [-0.15, -0.1) is 0 Å². The van der Waals surface area contributed by atoms with Crippen molar-refractivity contribution >= 4 is 17.5 Å². The molecule has 27 heavy (non-hydrogen) atoms. The molecule has 0 aliphatic carbocycles. The second kappa shape index (κ2) is 6.49. The van der Waals surface area contributed by atoms with Gasteiger partial charge in [-0.1, -0.05) is 24.6 Å². The van der Waals surface area contributed by atoms with E-state index in [2.05, 4.69) is 24.8 Å². The van der Waals surface area contributed by atoms with E-state index in [1.165, 1.54) is 23.3 Å². The van der Waals surface area contributed by atoms with Crippen LogP contribution in [0, 0.1) is 17.0 Å². The molecule has 0 unspecified atom stereocenters. The third-order valence-electron chi connectivity index (χ3n) is 5.96. The second-order valence-electron chi connectivity index (χ2n) is 7.52. The molecule has 1 aromatic heterocycles. The molecule has 7 nitrogen and oxygen atoms in total. The Morgan fingerprint density at radius 2 is 2.00 bits per heavy atom.